The SMILES string of the molecule is CC(C)(C)OC(=O)N[C@H](Cc1cnc2ccccc2c1)C(=O)OCCl. The Morgan fingerprint density at radius 1 is 1.28 bits per heavy atom. The van der Waals surface area contributed by atoms with Crippen LogP contribution in [0.2, 0.25) is 0 Å². The zero-order chi connectivity index (χ0) is 18.4. The number of benzene rings is 1. The number of amides is 1. The van der Waals surface area contributed by atoms with Crippen molar-refractivity contribution in [1.82, 2.24) is 10.3 Å². The number of hydrogen-bond donors (Lipinski definition) is 1. The van der Waals surface area contributed by atoms with E-state index in [-0.39, 0.29) is 12.5 Å². The number of pyridine rings is 1. The number of alkyl carbamates (subject to hydrolysis) is 1. The monoisotopic (exact) mass is 364 g/mol. The largest absolute Gasteiger partial charge is 0.448 e. The molecule has 0 saturated heterocycles. The van der Waals surface area contributed by atoms with E-state index >= 15 is 0 Å². The van der Waals surface area contributed by atoms with Gasteiger partial charge in [0.15, 0.2) is 6.07 Å². The summed E-state index contributed by atoms with van der Waals surface area (Å²) < 4.78 is 10.0. The summed E-state index contributed by atoms with van der Waals surface area (Å²) in [7, 11) is 0. The fourth-order valence-electron chi connectivity index (χ4n) is 2.26. The van der Waals surface area contributed by atoms with Crippen molar-refractivity contribution in [2.75, 3.05) is 6.07 Å². The van der Waals surface area contributed by atoms with Gasteiger partial charge in [-0.25, -0.2) is 9.59 Å². The first-order valence-corrected chi connectivity index (χ1v) is 8.38. The Balaban J connectivity index is 2.16. The van der Waals surface area contributed by atoms with Crippen LogP contribution in [0.25, 0.3) is 10.9 Å². The van der Waals surface area contributed by atoms with Crippen LogP contribution in [0.5, 0.6) is 0 Å². The van der Waals surface area contributed by atoms with Crippen LogP contribution in [-0.4, -0.2) is 34.8 Å². The molecule has 2 rings (SSSR count). The molecule has 0 aliphatic carbocycles. The summed E-state index contributed by atoms with van der Waals surface area (Å²) in [6.07, 6.45) is 1.19. The highest BCUT2D eigenvalue weighted by Crippen LogP contribution is 2.15. The lowest BCUT2D eigenvalue weighted by Gasteiger charge is -2.22. The fourth-order valence-corrected chi connectivity index (χ4v) is 2.37. The van der Waals surface area contributed by atoms with Gasteiger partial charge in [0.05, 0.1) is 5.52 Å². The molecule has 6 nitrogen and oxygen atoms in total. The topological polar surface area (TPSA) is 77.5 Å². The van der Waals surface area contributed by atoms with Crippen LogP contribution in [0, 0.1) is 0 Å². The van der Waals surface area contributed by atoms with E-state index in [2.05, 4.69) is 10.3 Å². The van der Waals surface area contributed by atoms with Crippen LogP contribution in [0.4, 0.5) is 4.79 Å². The number of ether oxygens (including phenoxy) is 2. The lowest BCUT2D eigenvalue weighted by Crippen LogP contribution is -2.45. The summed E-state index contributed by atoms with van der Waals surface area (Å²) in [6, 6.07) is 8.35. The van der Waals surface area contributed by atoms with E-state index in [0.29, 0.717) is 0 Å². The average molecular weight is 365 g/mol. The molecule has 0 unspecified atom stereocenters. The number of rotatable bonds is 5. The molecule has 7 heteroatoms. The number of alkyl halides is 1. The molecule has 134 valence electrons. The fraction of sp³-hybridized carbons (Fsp3) is 0.389. The molecule has 0 spiro atoms. The summed E-state index contributed by atoms with van der Waals surface area (Å²) in [6.45, 7) is 5.23. The highest BCUT2D eigenvalue weighted by Gasteiger charge is 2.26. The van der Waals surface area contributed by atoms with Crippen molar-refractivity contribution in [3.8, 4) is 0 Å². The van der Waals surface area contributed by atoms with E-state index in [1.54, 1.807) is 27.0 Å². The van der Waals surface area contributed by atoms with E-state index in [1.165, 1.54) is 0 Å². The minimum Gasteiger partial charge on any atom is -0.448 e. The lowest BCUT2D eigenvalue weighted by molar-refractivity contribution is -0.144. The molecule has 1 heterocycles. The Morgan fingerprint density at radius 2 is 2.00 bits per heavy atom. The van der Waals surface area contributed by atoms with Gasteiger partial charge in [-0.05, 0) is 38.5 Å². The lowest BCUT2D eigenvalue weighted by atomic mass is 10.1. The van der Waals surface area contributed by atoms with Gasteiger partial charge in [0.25, 0.3) is 0 Å². The molecule has 2 aromatic rings. The predicted molar refractivity (Wildman–Crippen MR) is 95.4 cm³/mol. The number of aromatic nitrogens is 1. The molecule has 1 aromatic carbocycles. The third-order valence-corrected chi connectivity index (χ3v) is 3.37. The zero-order valence-corrected chi connectivity index (χ0v) is 15.2. The zero-order valence-electron chi connectivity index (χ0n) is 14.4. The summed E-state index contributed by atoms with van der Waals surface area (Å²) in [5, 5.41) is 3.48. The second-order valence-electron chi connectivity index (χ2n) is 6.51. The third kappa shape index (κ3) is 5.90. The Kier molecular flexibility index (Phi) is 6.20. The molecular weight excluding hydrogens is 344 g/mol. The van der Waals surface area contributed by atoms with Crippen LogP contribution >= 0.6 is 11.6 Å². The number of halogens is 1. The van der Waals surface area contributed by atoms with Gasteiger partial charge < -0.3 is 14.8 Å². The summed E-state index contributed by atoms with van der Waals surface area (Å²) in [5.74, 6) is -0.631. The second kappa shape index (κ2) is 8.16. The van der Waals surface area contributed by atoms with Gasteiger partial charge in [-0.15, -0.1) is 0 Å². The maximum atomic E-state index is 12.1. The number of para-hydroxylation sites is 1. The Bertz CT molecular complexity index is 758. The van der Waals surface area contributed by atoms with E-state index in [0.717, 1.165) is 16.5 Å². The third-order valence-electron chi connectivity index (χ3n) is 3.26. The van der Waals surface area contributed by atoms with Crippen molar-refractivity contribution >= 4 is 34.6 Å². The Morgan fingerprint density at radius 3 is 2.68 bits per heavy atom. The molecule has 0 saturated carbocycles. The van der Waals surface area contributed by atoms with Crippen LogP contribution in [-0.2, 0) is 20.7 Å². The molecular formula is C18H21ClN2O4. The summed E-state index contributed by atoms with van der Waals surface area (Å²) >= 11 is 5.47. The molecule has 1 aromatic heterocycles. The first kappa shape index (κ1) is 19.0. The van der Waals surface area contributed by atoms with Crippen molar-refractivity contribution < 1.29 is 19.1 Å². The molecule has 0 bridgehead atoms. The highest BCUT2D eigenvalue weighted by molar-refractivity contribution is 6.17. The second-order valence-corrected chi connectivity index (χ2v) is 6.73. The average Bonchev–Trinajstić information content (AvgIpc) is 2.52. The minimum absolute atomic E-state index is 0.215. The number of fused-ring (bicyclic) bond motifs is 1. The molecule has 1 amide bonds. The molecule has 0 aliphatic heterocycles. The molecule has 0 aliphatic rings. The maximum Gasteiger partial charge on any atom is 0.408 e. The van der Waals surface area contributed by atoms with E-state index in [1.807, 2.05) is 30.3 Å². The van der Waals surface area contributed by atoms with E-state index < -0.39 is 23.7 Å². The van der Waals surface area contributed by atoms with E-state index in [9.17, 15) is 9.59 Å². The number of nitrogens with zero attached hydrogens (tertiary/aromatic N) is 1. The predicted octanol–water partition coefficient (Wildman–Crippen LogP) is 3.41. The van der Waals surface area contributed by atoms with Crippen molar-refractivity contribution in [2.24, 2.45) is 0 Å². The van der Waals surface area contributed by atoms with Crippen molar-refractivity contribution in [1.29, 1.82) is 0 Å². The first-order valence-electron chi connectivity index (χ1n) is 7.84. The normalized spacial score (nSPS) is 12.5. The van der Waals surface area contributed by atoms with Gasteiger partial charge in [0.2, 0.25) is 0 Å². The maximum absolute atomic E-state index is 12.1. The molecule has 0 fully saturated rings. The van der Waals surface area contributed by atoms with Gasteiger partial charge >= 0.3 is 12.1 Å². The number of carbonyl (C=O) groups excluding carboxylic acids is 2. The van der Waals surface area contributed by atoms with Crippen molar-refractivity contribution in [3.05, 3.63) is 42.1 Å². The van der Waals surface area contributed by atoms with E-state index in [4.69, 9.17) is 21.1 Å². The minimum atomic E-state index is -0.920. The van der Waals surface area contributed by atoms with Crippen LogP contribution in [0.1, 0.15) is 26.3 Å². The Hall–Kier alpha value is -2.34. The van der Waals surface area contributed by atoms with Crippen LogP contribution < -0.4 is 5.32 Å². The quantitative estimate of drug-likeness (QED) is 0.649. The highest BCUT2D eigenvalue weighted by atomic mass is 35.5. The van der Waals surface area contributed by atoms with Crippen LogP contribution in [0.15, 0.2) is 36.5 Å². The van der Waals surface area contributed by atoms with Crippen LogP contribution in [0.3, 0.4) is 0 Å². The number of hydrogen-bond acceptors (Lipinski definition) is 5. The Labute approximate surface area is 151 Å². The number of nitrogens with one attached hydrogen (secondary N) is 1. The van der Waals surface area contributed by atoms with Gasteiger partial charge in [0.1, 0.15) is 11.6 Å². The van der Waals surface area contributed by atoms with Gasteiger partial charge in [-0.1, -0.05) is 29.8 Å². The van der Waals surface area contributed by atoms with Gasteiger partial charge in [0, 0.05) is 18.0 Å². The summed E-state index contributed by atoms with van der Waals surface area (Å²) in [5.41, 5.74) is 0.965. The number of carbonyl (C=O) groups is 2. The number of esters is 1. The molecule has 1 N–H and O–H groups in total. The first-order chi connectivity index (χ1) is 11.8. The molecule has 1 atom stereocenters. The standard InChI is InChI=1S/C18H21ClN2O4/c1-18(2,3)25-17(23)21-15(16(22)24-11-19)9-12-8-13-6-4-5-7-14(13)20-10-12/h4-8,10,15H,9,11H2,1-3H3,(H,21,23)/t15-/m1/s1. The van der Waals surface area contributed by atoms with Crippen molar-refractivity contribution in [3.63, 3.8) is 0 Å². The van der Waals surface area contributed by atoms with Gasteiger partial charge in [-0.2, -0.15) is 0 Å². The van der Waals surface area contributed by atoms with Crippen molar-refractivity contribution in [2.45, 2.75) is 38.8 Å². The van der Waals surface area contributed by atoms with Gasteiger partial charge in [-0.3, -0.25) is 4.98 Å². The molecule has 25 heavy (non-hydrogen) atoms. The molecule has 0 radical (unpaired) electrons. The smallest absolute Gasteiger partial charge is 0.408 e. The summed E-state index contributed by atoms with van der Waals surface area (Å²) in [4.78, 5) is 28.5.